The zero-order valence-electron chi connectivity index (χ0n) is 25.0. The van der Waals surface area contributed by atoms with Crippen molar-refractivity contribution >= 4 is 23.3 Å². The smallest absolute Gasteiger partial charge is 0.271 e. The monoisotopic (exact) mass is 597 g/mol. The van der Waals surface area contributed by atoms with Crippen LogP contribution in [0, 0.1) is 0 Å². The van der Waals surface area contributed by atoms with Crippen LogP contribution in [0.4, 0.5) is 0 Å². The van der Waals surface area contributed by atoms with Gasteiger partial charge in [-0.1, -0.05) is 59.9 Å². The van der Waals surface area contributed by atoms with Crippen LogP contribution in [0.25, 0.3) is 6.08 Å². The molecule has 0 saturated carbocycles. The molecular formula is C34H35N3O5S. The summed E-state index contributed by atoms with van der Waals surface area (Å²) in [5.41, 5.74) is 3.20. The van der Waals surface area contributed by atoms with Gasteiger partial charge in [0.05, 0.1) is 30.0 Å². The van der Waals surface area contributed by atoms with Crippen LogP contribution in [0.3, 0.4) is 0 Å². The molecule has 8 nitrogen and oxygen atoms in total. The zero-order valence-corrected chi connectivity index (χ0v) is 25.8. The highest BCUT2D eigenvalue weighted by atomic mass is 32.1. The number of carbonyl (C=O) groups is 1. The summed E-state index contributed by atoms with van der Waals surface area (Å²) < 4.78 is 19.5. The van der Waals surface area contributed by atoms with Gasteiger partial charge in [-0.3, -0.25) is 14.2 Å². The molecule has 0 bridgehead atoms. The summed E-state index contributed by atoms with van der Waals surface area (Å²) in [5.74, 6) is 1.62. The molecule has 0 spiro atoms. The molecule has 4 aromatic rings. The number of thiazole rings is 1. The first kappa shape index (κ1) is 29.8. The first-order valence-electron chi connectivity index (χ1n) is 14.2. The van der Waals surface area contributed by atoms with Crippen molar-refractivity contribution in [2.45, 2.75) is 33.4 Å². The molecule has 9 heteroatoms. The molecule has 0 saturated heterocycles. The highest BCUT2D eigenvalue weighted by Gasteiger charge is 2.36. The number of hydrogen-bond donors (Lipinski definition) is 0. The van der Waals surface area contributed by atoms with Crippen LogP contribution in [-0.2, 0) is 11.4 Å². The first-order chi connectivity index (χ1) is 20.9. The van der Waals surface area contributed by atoms with Gasteiger partial charge in [-0.25, -0.2) is 4.99 Å². The third kappa shape index (κ3) is 5.99. The number of rotatable bonds is 10. The molecule has 0 N–H and O–H groups in total. The van der Waals surface area contributed by atoms with E-state index in [9.17, 15) is 9.59 Å². The quantitative estimate of drug-likeness (QED) is 0.265. The van der Waals surface area contributed by atoms with Crippen LogP contribution in [0.15, 0.2) is 93.9 Å². The summed E-state index contributed by atoms with van der Waals surface area (Å²) >= 11 is 1.28. The molecular weight excluding hydrogens is 562 g/mol. The van der Waals surface area contributed by atoms with E-state index in [0.717, 1.165) is 11.1 Å². The lowest BCUT2D eigenvalue weighted by Crippen LogP contribution is -2.43. The summed E-state index contributed by atoms with van der Waals surface area (Å²) in [6.45, 7) is 7.14. The third-order valence-electron chi connectivity index (χ3n) is 7.48. The largest absolute Gasteiger partial charge is 0.497 e. The van der Waals surface area contributed by atoms with Crippen molar-refractivity contribution in [3.63, 3.8) is 0 Å². The van der Waals surface area contributed by atoms with Gasteiger partial charge >= 0.3 is 0 Å². The Hall–Kier alpha value is -4.63. The maximum atomic E-state index is 14.3. The van der Waals surface area contributed by atoms with E-state index in [0.29, 0.717) is 63.1 Å². The van der Waals surface area contributed by atoms with Crippen LogP contribution in [0.5, 0.6) is 17.2 Å². The van der Waals surface area contributed by atoms with Gasteiger partial charge in [0.25, 0.3) is 11.5 Å². The number of benzene rings is 3. The Morgan fingerprint density at radius 3 is 2.40 bits per heavy atom. The lowest BCUT2D eigenvalue weighted by atomic mass is 9.93. The van der Waals surface area contributed by atoms with Crippen molar-refractivity contribution in [3.05, 3.63) is 120 Å². The lowest BCUT2D eigenvalue weighted by Gasteiger charge is -2.30. The Labute approximate surface area is 254 Å². The number of ether oxygens (including phenoxy) is 3. The van der Waals surface area contributed by atoms with Crippen molar-refractivity contribution in [1.29, 1.82) is 0 Å². The van der Waals surface area contributed by atoms with E-state index >= 15 is 0 Å². The van der Waals surface area contributed by atoms with Crippen LogP contribution in [-0.4, -0.2) is 42.7 Å². The van der Waals surface area contributed by atoms with Gasteiger partial charge in [0.1, 0.15) is 29.9 Å². The second kappa shape index (κ2) is 13.1. The Morgan fingerprint density at radius 1 is 0.977 bits per heavy atom. The summed E-state index contributed by atoms with van der Waals surface area (Å²) in [6, 6.07) is 22.2. The van der Waals surface area contributed by atoms with Gasteiger partial charge in [-0.05, 0) is 56.7 Å². The first-order valence-corrected chi connectivity index (χ1v) is 15.0. The van der Waals surface area contributed by atoms with Crippen molar-refractivity contribution in [3.8, 4) is 17.2 Å². The van der Waals surface area contributed by atoms with E-state index in [4.69, 9.17) is 19.2 Å². The lowest BCUT2D eigenvalue weighted by molar-refractivity contribution is -0.127. The second-order valence-electron chi connectivity index (χ2n) is 9.98. The van der Waals surface area contributed by atoms with Crippen molar-refractivity contribution in [1.82, 2.24) is 9.47 Å². The minimum atomic E-state index is -0.763. The molecule has 1 amide bonds. The molecule has 222 valence electrons. The molecule has 0 aliphatic carbocycles. The number of fused-ring (bicyclic) bond motifs is 1. The molecule has 1 aliphatic rings. The highest BCUT2D eigenvalue weighted by molar-refractivity contribution is 7.07. The molecule has 0 radical (unpaired) electrons. The number of para-hydroxylation sites is 1. The standard InChI is InChI=1S/C34H35N3O5S/c1-6-36(7-2)33(39)30-22(3)35-34-37(31(30)26-20-25(40-4)17-18-28(26)41-5)32(38)29(43-34)19-24-15-11-12-16-27(24)42-21-23-13-9-8-10-14-23/h8-20,31H,6-7,21H2,1-5H3/b29-19+/t31-/m1/s1. The van der Waals surface area contributed by atoms with Gasteiger partial charge < -0.3 is 19.1 Å². The van der Waals surface area contributed by atoms with E-state index in [1.807, 2.05) is 87.5 Å². The number of nitrogens with zero attached hydrogens (tertiary/aromatic N) is 3. The SMILES string of the molecule is CCN(CC)C(=O)C1=C(C)N=c2s/c(=C/c3ccccc3OCc3ccccc3)c(=O)n2[C@@H]1c1cc(OC)ccc1OC. The highest BCUT2D eigenvalue weighted by Crippen LogP contribution is 2.38. The minimum absolute atomic E-state index is 0.171. The van der Waals surface area contributed by atoms with E-state index in [-0.39, 0.29) is 11.5 Å². The van der Waals surface area contributed by atoms with Gasteiger partial charge in [0.15, 0.2) is 4.80 Å². The molecule has 0 unspecified atom stereocenters. The number of likely N-dealkylation sites (N-methyl/N-ethyl adjacent to an activating group) is 1. The Kier molecular flexibility index (Phi) is 9.11. The van der Waals surface area contributed by atoms with E-state index in [2.05, 4.69) is 0 Å². The predicted octanol–water partition coefficient (Wildman–Crippen LogP) is 4.70. The summed E-state index contributed by atoms with van der Waals surface area (Å²) in [4.78, 5) is 35.2. The molecule has 3 aromatic carbocycles. The normalized spacial score (nSPS) is 14.6. The van der Waals surface area contributed by atoms with Crippen LogP contribution < -0.4 is 29.1 Å². The van der Waals surface area contributed by atoms with Gasteiger partial charge in [-0.2, -0.15) is 0 Å². The van der Waals surface area contributed by atoms with E-state index in [1.54, 1.807) is 35.8 Å². The summed E-state index contributed by atoms with van der Waals surface area (Å²) in [7, 11) is 3.15. The number of carbonyl (C=O) groups excluding carboxylic acids is 1. The molecule has 2 heterocycles. The van der Waals surface area contributed by atoms with Crippen molar-refractivity contribution < 1.29 is 19.0 Å². The third-order valence-corrected chi connectivity index (χ3v) is 8.46. The number of aromatic nitrogens is 1. The molecule has 5 rings (SSSR count). The number of hydrogen-bond acceptors (Lipinski definition) is 7. The van der Waals surface area contributed by atoms with Crippen molar-refractivity contribution in [2.75, 3.05) is 27.3 Å². The van der Waals surface area contributed by atoms with Crippen LogP contribution >= 0.6 is 11.3 Å². The number of amides is 1. The average Bonchev–Trinajstić information content (AvgIpc) is 3.34. The average molecular weight is 598 g/mol. The Balaban J connectivity index is 1.68. The number of methoxy groups -OCH3 is 2. The molecule has 0 fully saturated rings. The molecule has 43 heavy (non-hydrogen) atoms. The fraction of sp³-hybridized carbons (Fsp3) is 0.265. The number of allylic oxidation sites excluding steroid dienone is 1. The predicted molar refractivity (Wildman–Crippen MR) is 168 cm³/mol. The summed E-state index contributed by atoms with van der Waals surface area (Å²) in [6.07, 6.45) is 1.83. The van der Waals surface area contributed by atoms with E-state index in [1.165, 1.54) is 11.3 Å². The fourth-order valence-corrected chi connectivity index (χ4v) is 6.27. The van der Waals surface area contributed by atoms with E-state index < -0.39 is 6.04 Å². The zero-order chi connectivity index (χ0) is 30.5. The van der Waals surface area contributed by atoms with Crippen LogP contribution in [0.2, 0.25) is 0 Å². The topological polar surface area (TPSA) is 82.4 Å². The van der Waals surface area contributed by atoms with Gasteiger partial charge in [-0.15, -0.1) is 0 Å². The Morgan fingerprint density at radius 2 is 1.70 bits per heavy atom. The molecule has 1 atom stereocenters. The second-order valence-corrected chi connectivity index (χ2v) is 11.0. The molecule has 1 aromatic heterocycles. The maximum Gasteiger partial charge on any atom is 0.271 e. The van der Waals surface area contributed by atoms with Gasteiger partial charge in [0.2, 0.25) is 0 Å². The molecule has 1 aliphatic heterocycles. The summed E-state index contributed by atoms with van der Waals surface area (Å²) in [5, 5.41) is 0. The van der Waals surface area contributed by atoms with Gasteiger partial charge in [0, 0.05) is 24.2 Å². The van der Waals surface area contributed by atoms with Crippen LogP contribution in [0.1, 0.15) is 43.5 Å². The fourth-order valence-electron chi connectivity index (χ4n) is 5.23. The maximum absolute atomic E-state index is 14.3. The minimum Gasteiger partial charge on any atom is -0.497 e. The van der Waals surface area contributed by atoms with Crippen molar-refractivity contribution in [2.24, 2.45) is 4.99 Å². The Bertz CT molecular complexity index is 1840.